The van der Waals surface area contributed by atoms with E-state index in [1.165, 1.54) is 0 Å². The van der Waals surface area contributed by atoms with Crippen molar-refractivity contribution in [2.45, 2.75) is 6.04 Å². The highest BCUT2D eigenvalue weighted by atomic mass is 16.4. The van der Waals surface area contributed by atoms with Crippen LogP contribution in [0.3, 0.4) is 0 Å². The normalized spacial score (nSPS) is 20.2. The zero-order chi connectivity index (χ0) is 17.4. The average molecular weight is 332 g/mol. The van der Waals surface area contributed by atoms with Crippen molar-refractivity contribution >= 4 is 17.9 Å². The van der Waals surface area contributed by atoms with Crippen molar-refractivity contribution in [2.75, 3.05) is 58.9 Å². The Hall–Kier alpha value is -1.75. The molecule has 0 spiro atoms. The lowest BCUT2D eigenvalue weighted by molar-refractivity contribution is -0.140. The van der Waals surface area contributed by atoms with E-state index in [9.17, 15) is 14.4 Å². The maximum atomic E-state index is 10.9. The summed E-state index contributed by atoms with van der Waals surface area (Å²) in [5.74, 6) is -3.01. The molecule has 0 bridgehead atoms. The SMILES string of the molecule is NC(CN1CCN(CC(=O)O)CCN(CC(=O)O)CC1)C(=O)O. The Morgan fingerprint density at radius 2 is 1.13 bits per heavy atom. The van der Waals surface area contributed by atoms with E-state index in [0.29, 0.717) is 39.3 Å². The molecule has 1 atom stereocenters. The quantitative estimate of drug-likeness (QED) is 0.394. The van der Waals surface area contributed by atoms with E-state index in [2.05, 4.69) is 0 Å². The third kappa shape index (κ3) is 7.88. The summed E-state index contributed by atoms with van der Waals surface area (Å²) in [7, 11) is 0. The summed E-state index contributed by atoms with van der Waals surface area (Å²) in [6.07, 6.45) is 0. The topological polar surface area (TPSA) is 148 Å². The fraction of sp³-hybridized carbons (Fsp3) is 0.769. The van der Waals surface area contributed by atoms with Crippen LogP contribution in [0.15, 0.2) is 0 Å². The van der Waals surface area contributed by atoms with E-state index in [0.717, 1.165) is 0 Å². The maximum Gasteiger partial charge on any atom is 0.321 e. The van der Waals surface area contributed by atoms with Crippen LogP contribution in [-0.4, -0.2) is 113 Å². The fourth-order valence-electron chi connectivity index (χ4n) is 2.42. The molecule has 0 radical (unpaired) electrons. The second-order valence-corrected chi connectivity index (χ2v) is 5.59. The van der Waals surface area contributed by atoms with Crippen molar-refractivity contribution in [3.05, 3.63) is 0 Å². The molecule has 1 aliphatic rings. The standard InChI is InChI=1S/C13H24N4O6/c14-10(13(22)23)7-15-1-3-16(8-11(18)19)5-6-17(4-2-15)9-12(20)21/h10H,1-9,14H2,(H,18,19)(H,20,21)(H,22,23). The minimum atomic E-state index is -1.10. The predicted molar refractivity (Wildman–Crippen MR) is 80.2 cm³/mol. The van der Waals surface area contributed by atoms with Crippen molar-refractivity contribution in [3.8, 4) is 0 Å². The lowest BCUT2D eigenvalue weighted by Crippen LogP contribution is -2.46. The van der Waals surface area contributed by atoms with Gasteiger partial charge in [0, 0.05) is 45.8 Å². The number of hydrogen-bond donors (Lipinski definition) is 4. The van der Waals surface area contributed by atoms with Crippen LogP contribution < -0.4 is 5.73 Å². The van der Waals surface area contributed by atoms with Crippen LogP contribution in [0, 0.1) is 0 Å². The van der Waals surface area contributed by atoms with E-state index >= 15 is 0 Å². The van der Waals surface area contributed by atoms with Gasteiger partial charge in [0.25, 0.3) is 0 Å². The van der Waals surface area contributed by atoms with Crippen molar-refractivity contribution < 1.29 is 29.7 Å². The van der Waals surface area contributed by atoms with Gasteiger partial charge < -0.3 is 21.1 Å². The van der Waals surface area contributed by atoms with Gasteiger partial charge in [-0.25, -0.2) is 0 Å². The third-order valence-corrected chi connectivity index (χ3v) is 3.69. The molecule has 0 aromatic heterocycles. The van der Waals surface area contributed by atoms with E-state index in [4.69, 9.17) is 21.1 Å². The second kappa shape index (κ2) is 9.40. The number of nitrogens with two attached hydrogens (primary N) is 1. The van der Waals surface area contributed by atoms with Crippen LogP contribution in [0.25, 0.3) is 0 Å². The van der Waals surface area contributed by atoms with E-state index in [1.807, 2.05) is 4.90 Å². The molecule has 5 N–H and O–H groups in total. The number of aliphatic carboxylic acids is 3. The summed E-state index contributed by atoms with van der Waals surface area (Å²) in [5, 5.41) is 26.8. The zero-order valence-electron chi connectivity index (χ0n) is 12.9. The molecular weight excluding hydrogens is 308 g/mol. The molecule has 1 fully saturated rings. The molecule has 1 unspecified atom stereocenters. The van der Waals surface area contributed by atoms with Crippen LogP contribution in [0.1, 0.15) is 0 Å². The Labute approximate surface area is 134 Å². The second-order valence-electron chi connectivity index (χ2n) is 5.59. The molecule has 23 heavy (non-hydrogen) atoms. The molecule has 1 rings (SSSR count). The summed E-state index contributed by atoms with van der Waals surface area (Å²) >= 11 is 0. The van der Waals surface area contributed by atoms with Gasteiger partial charge in [-0.1, -0.05) is 0 Å². The zero-order valence-corrected chi connectivity index (χ0v) is 12.9. The van der Waals surface area contributed by atoms with E-state index < -0.39 is 23.9 Å². The molecular formula is C13H24N4O6. The molecule has 1 saturated heterocycles. The van der Waals surface area contributed by atoms with Gasteiger partial charge in [0.1, 0.15) is 6.04 Å². The van der Waals surface area contributed by atoms with Gasteiger partial charge in [0.2, 0.25) is 0 Å². The minimum Gasteiger partial charge on any atom is -0.480 e. The first-order valence-corrected chi connectivity index (χ1v) is 7.37. The van der Waals surface area contributed by atoms with Gasteiger partial charge in [-0.3, -0.25) is 29.1 Å². The first-order chi connectivity index (χ1) is 10.8. The summed E-state index contributed by atoms with van der Waals surface area (Å²) < 4.78 is 0. The summed E-state index contributed by atoms with van der Waals surface area (Å²) in [6, 6.07) is -1.03. The number of carboxylic acids is 3. The van der Waals surface area contributed by atoms with Gasteiger partial charge in [-0.2, -0.15) is 0 Å². The lowest BCUT2D eigenvalue weighted by Gasteiger charge is -2.26. The molecule has 10 heteroatoms. The number of carbonyl (C=O) groups is 3. The Bertz CT molecular complexity index is 405. The molecule has 0 aromatic rings. The molecule has 10 nitrogen and oxygen atoms in total. The lowest BCUT2D eigenvalue weighted by atomic mass is 10.3. The van der Waals surface area contributed by atoms with Crippen LogP contribution in [0.5, 0.6) is 0 Å². The number of carboxylic acid groups (broad SMARTS) is 3. The first kappa shape index (κ1) is 19.3. The van der Waals surface area contributed by atoms with Crippen molar-refractivity contribution in [3.63, 3.8) is 0 Å². The monoisotopic (exact) mass is 332 g/mol. The smallest absolute Gasteiger partial charge is 0.321 e. The van der Waals surface area contributed by atoms with Crippen molar-refractivity contribution in [1.29, 1.82) is 0 Å². The summed E-state index contributed by atoms with van der Waals surface area (Å²) in [4.78, 5) is 37.9. The third-order valence-electron chi connectivity index (χ3n) is 3.69. The molecule has 0 amide bonds. The van der Waals surface area contributed by atoms with Crippen molar-refractivity contribution in [2.24, 2.45) is 5.73 Å². The average Bonchev–Trinajstić information content (AvgIpc) is 2.51. The number of nitrogens with zero attached hydrogens (tertiary/aromatic N) is 3. The molecule has 1 heterocycles. The molecule has 1 aliphatic heterocycles. The first-order valence-electron chi connectivity index (χ1n) is 7.37. The highest BCUT2D eigenvalue weighted by Crippen LogP contribution is 2.02. The van der Waals surface area contributed by atoms with Crippen LogP contribution in [0.4, 0.5) is 0 Å². The molecule has 0 aromatic carbocycles. The fourth-order valence-corrected chi connectivity index (χ4v) is 2.42. The number of rotatable bonds is 7. The van der Waals surface area contributed by atoms with Crippen LogP contribution in [-0.2, 0) is 14.4 Å². The van der Waals surface area contributed by atoms with E-state index in [1.54, 1.807) is 9.80 Å². The van der Waals surface area contributed by atoms with Gasteiger partial charge in [-0.05, 0) is 0 Å². The van der Waals surface area contributed by atoms with Gasteiger partial charge >= 0.3 is 17.9 Å². The van der Waals surface area contributed by atoms with E-state index in [-0.39, 0.29) is 19.6 Å². The van der Waals surface area contributed by atoms with Gasteiger partial charge in [0.05, 0.1) is 13.1 Å². The Morgan fingerprint density at radius 1 is 0.783 bits per heavy atom. The predicted octanol–water partition coefficient (Wildman–Crippen LogP) is -2.51. The Morgan fingerprint density at radius 3 is 1.43 bits per heavy atom. The van der Waals surface area contributed by atoms with Crippen LogP contribution >= 0.6 is 0 Å². The molecule has 0 aliphatic carbocycles. The highest BCUT2D eigenvalue weighted by molar-refractivity contribution is 5.73. The molecule has 0 saturated carbocycles. The van der Waals surface area contributed by atoms with Crippen molar-refractivity contribution in [1.82, 2.24) is 14.7 Å². The van der Waals surface area contributed by atoms with Gasteiger partial charge in [-0.15, -0.1) is 0 Å². The Balaban J connectivity index is 2.72. The number of hydrogen-bond acceptors (Lipinski definition) is 7. The highest BCUT2D eigenvalue weighted by Gasteiger charge is 2.22. The molecule has 132 valence electrons. The maximum absolute atomic E-state index is 10.9. The largest absolute Gasteiger partial charge is 0.480 e. The van der Waals surface area contributed by atoms with Crippen LogP contribution in [0.2, 0.25) is 0 Å². The summed E-state index contributed by atoms with van der Waals surface area (Å²) in [5.41, 5.74) is 5.55. The van der Waals surface area contributed by atoms with Gasteiger partial charge in [0.15, 0.2) is 0 Å². The Kier molecular flexibility index (Phi) is 7.89. The minimum absolute atomic E-state index is 0.136. The summed E-state index contributed by atoms with van der Waals surface area (Å²) in [6.45, 7) is 2.62.